The molecule has 0 aromatic heterocycles. The van der Waals surface area contributed by atoms with Gasteiger partial charge in [-0.3, -0.25) is 4.79 Å². The number of carbonyl (C=O) groups is 2. The van der Waals surface area contributed by atoms with E-state index in [-0.39, 0.29) is 18.0 Å². The lowest BCUT2D eigenvalue weighted by Crippen LogP contribution is -2.56. The van der Waals surface area contributed by atoms with Gasteiger partial charge in [0.2, 0.25) is 0 Å². The van der Waals surface area contributed by atoms with Crippen molar-refractivity contribution in [2.45, 2.75) is 39.3 Å². The third kappa shape index (κ3) is 4.47. The van der Waals surface area contributed by atoms with E-state index in [0.29, 0.717) is 29.7 Å². The maximum absolute atomic E-state index is 13.2. The van der Waals surface area contributed by atoms with Gasteiger partial charge in [0.05, 0.1) is 5.56 Å². The Bertz CT molecular complexity index is 645. The van der Waals surface area contributed by atoms with Crippen molar-refractivity contribution >= 4 is 27.9 Å². The maximum Gasteiger partial charge on any atom is 0.410 e. The van der Waals surface area contributed by atoms with E-state index in [1.807, 2.05) is 27.7 Å². The van der Waals surface area contributed by atoms with Crippen LogP contribution in [0.1, 0.15) is 38.1 Å². The number of amides is 2. The summed E-state index contributed by atoms with van der Waals surface area (Å²) in [7, 11) is 0. The largest absolute Gasteiger partial charge is 0.444 e. The molecule has 0 unspecified atom stereocenters. The van der Waals surface area contributed by atoms with Crippen LogP contribution < -0.4 is 0 Å². The van der Waals surface area contributed by atoms with Crippen LogP contribution in [0.4, 0.5) is 9.18 Å². The fourth-order valence-electron chi connectivity index (χ4n) is 2.57. The van der Waals surface area contributed by atoms with Crippen molar-refractivity contribution in [3.63, 3.8) is 0 Å². The zero-order chi connectivity index (χ0) is 18.1. The Kier molecular flexibility index (Phi) is 5.52. The zero-order valence-corrected chi connectivity index (χ0v) is 15.9. The van der Waals surface area contributed by atoms with E-state index < -0.39 is 11.4 Å². The number of carbonyl (C=O) groups excluding carboxylic acids is 2. The molecule has 1 heterocycles. The summed E-state index contributed by atoms with van der Waals surface area (Å²) in [4.78, 5) is 28.1. The second kappa shape index (κ2) is 7.09. The minimum absolute atomic E-state index is 0.156. The van der Waals surface area contributed by atoms with E-state index in [4.69, 9.17) is 4.74 Å². The molecule has 7 heteroatoms. The Morgan fingerprint density at radius 1 is 1.29 bits per heavy atom. The fraction of sp³-hybridized carbons (Fsp3) is 0.529. The van der Waals surface area contributed by atoms with Crippen molar-refractivity contribution < 1.29 is 18.7 Å². The third-order valence-corrected chi connectivity index (χ3v) is 4.36. The average Bonchev–Trinajstić information content (AvgIpc) is 2.44. The van der Waals surface area contributed by atoms with Gasteiger partial charge in [0.15, 0.2) is 0 Å². The summed E-state index contributed by atoms with van der Waals surface area (Å²) in [6.45, 7) is 8.56. The van der Waals surface area contributed by atoms with E-state index in [1.54, 1.807) is 9.80 Å². The highest BCUT2D eigenvalue weighted by molar-refractivity contribution is 9.10. The molecule has 24 heavy (non-hydrogen) atoms. The second-order valence-electron chi connectivity index (χ2n) is 6.90. The normalized spacial score (nSPS) is 18.5. The Labute approximate surface area is 149 Å². The van der Waals surface area contributed by atoms with E-state index >= 15 is 0 Å². The van der Waals surface area contributed by atoms with Crippen LogP contribution in [0.2, 0.25) is 0 Å². The highest BCUT2D eigenvalue weighted by atomic mass is 79.9. The van der Waals surface area contributed by atoms with Crippen molar-refractivity contribution in [3.05, 3.63) is 34.1 Å². The van der Waals surface area contributed by atoms with Gasteiger partial charge in [0.25, 0.3) is 5.91 Å². The summed E-state index contributed by atoms with van der Waals surface area (Å²) in [6, 6.07) is 3.84. The predicted molar refractivity (Wildman–Crippen MR) is 92.4 cm³/mol. The Hall–Kier alpha value is -1.63. The van der Waals surface area contributed by atoms with Gasteiger partial charge in [0.1, 0.15) is 11.4 Å². The average molecular weight is 401 g/mol. The van der Waals surface area contributed by atoms with Crippen molar-refractivity contribution in [2.24, 2.45) is 0 Å². The quantitative estimate of drug-likeness (QED) is 0.722. The lowest BCUT2D eigenvalue weighted by molar-refractivity contribution is 0.00197. The molecular weight excluding hydrogens is 379 g/mol. The van der Waals surface area contributed by atoms with Gasteiger partial charge < -0.3 is 14.5 Å². The first-order chi connectivity index (χ1) is 11.1. The summed E-state index contributed by atoms with van der Waals surface area (Å²) < 4.78 is 19.0. The Morgan fingerprint density at radius 2 is 1.96 bits per heavy atom. The summed E-state index contributed by atoms with van der Waals surface area (Å²) in [5, 5.41) is 0. The molecule has 1 aromatic rings. The van der Waals surface area contributed by atoms with Gasteiger partial charge in [0, 0.05) is 30.1 Å². The monoisotopic (exact) mass is 400 g/mol. The van der Waals surface area contributed by atoms with Crippen LogP contribution in [0.5, 0.6) is 0 Å². The highest BCUT2D eigenvalue weighted by Crippen LogP contribution is 2.22. The van der Waals surface area contributed by atoms with Crippen LogP contribution in [-0.2, 0) is 4.74 Å². The van der Waals surface area contributed by atoms with Crippen LogP contribution in [0.15, 0.2) is 22.7 Å². The lowest BCUT2D eigenvalue weighted by Gasteiger charge is -2.40. The first-order valence-electron chi connectivity index (χ1n) is 7.82. The summed E-state index contributed by atoms with van der Waals surface area (Å²) in [5.41, 5.74) is -0.141. The molecule has 0 saturated carbocycles. The number of hydrogen-bond acceptors (Lipinski definition) is 3. The summed E-state index contributed by atoms with van der Waals surface area (Å²) in [6.07, 6.45) is -0.370. The van der Waals surface area contributed by atoms with Crippen LogP contribution in [-0.4, -0.2) is 53.1 Å². The number of hydrogen-bond donors (Lipinski definition) is 0. The topological polar surface area (TPSA) is 49.9 Å². The predicted octanol–water partition coefficient (Wildman–Crippen LogP) is 3.67. The van der Waals surface area contributed by atoms with E-state index in [2.05, 4.69) is 15.9 Å². The molecule has 0 bridgehead atoms. The molecule has 1 fully saturated rings. The number of benzene rings is 1. The standard InChI is InChI=1S/C17H22BrFN2O3/c1-11-10-20(7-8-21(11)16(23)24-17(2,3)4)15(22)13-6-5-12(19)9-14(13)18/h5-6,9,11H,7-8,10H2,1-4H3/t11-/m0/s1. The minimum atomic E-state index is -0.553. The Morgan fingerprint density at radius 3 is 2.50 bits per heavy atom. The second-order valence-corrected chi connectivity index (χ2v) is 7.75. The smallest absolute Gasteiger partial charge is 0.410 e. The number of ether oxygens (including phenoxy) is 1. The van der Waals surface area contributed by atoms with Crippen molar-refractivity contribution in [3.8, 4) is 0 Å². The molecule has 0 radical (unpaired) electrons. The molecule has 0 aliphatic carbocycles. The maximum atomic E-state index is 13.2. The molecule has 1 saturated heterocycles. The van der Waals surface area contributed by atoms with Crippen molar-refractivity contribution in [2.75, 3.05) is 19.6 Å². The molecule has 1 aliphatic rings. The minimum Gasteiger partial charge on any atom is -0.444 e. The fourth-order valence-corrected chi connectivity index (χ4v) is 3.09. The first-order valence-corrected chi connectivity index (χ1v) is 8.62. The first kappa shape index (κ1) is 18.7. The van der Waals surface area contributed by atoms with Crippen LogP contribution in [0.3, 0.4) is 0 Å². The molecule has 1 aliphatic heterocycles. The zero-order valence-electron chi connectivity index (χ0n) is 14.3. The number of piperazine rings is 1. The summed E-state index contributed by atoms with van der Waals surface area (Å²) >= 11 is 3.23. The Balaban J connectivity index is 2.05. The molecule has 2 amide bonds. The van der Waals surface area contributed by atoms with Crippen molar-refractivity contribution in [1.29, 1.82) is 0 Å². The highest BCUT2D eigenvalue weighted by Gasteiger charge is 2.33. The molecule has 5 nitrogen and oxygen atoms in total. The number of rotatable bonds is 1. The van der Waals surface area contributed by atoms with Crippen LogP contribution in [0, 0.1) is 5.82 Å². The molecule has 132 valence electrons. The molecule has 2 rings (SSSR count). The molecule has 0 spiro atoms. The van der Waals surface area contributed by atoms with Gasteiger partial charge in [-0.1, -0.05) is 0 Å². The van der Waals surface area contributed by atoms with E-state index in [9.17, 15) is 14.0 Å². The van der Waals surface area contributed by atoms with Gasteiger partial charge in [-0.15, -0.1) is 0 Å². The van der Waals surface area contributed by atoms with Gasteiger partial charge in [-0.25, -0.2) is 9.18 Å². The molecule has 1 aromatic carbocycles. The van der Waals surface area contributed by atoms with Crippen molar-refractivity contribution in [1.82, 2.24) is 9.80 Å². The molecule has 0 N–H and O–H groups in total. The van der Waals surface area contributed by atoms with Gasteiger partial charge >= 0.3 is 6.09 Å². The van der Waals surface area contributed by atoms with E-state index in [0.717, 1.165) is 0 Å². The molecule has 1 atom stereocenters. The molecular formula is C17H22BrFN2O3. The third-order valence-electron chi connectivity index (χ3n) is 3.70. The number of halogens is 2. The van der Waals surface area contributed by atoms with E-state index in [1.165, 1.54) is 18.2 Å². The van der Waals surface area contributed by atoms with Gasteiger partial charge in [-0.2, -0.15) is 0 Å². The number of nitrogens with zero attached hydrogens (tertiary/aromatic N) is 2. The van der Waals surface area contributed by atoms with Crippen LogP contribution in [0.25, 0.3) is 0 Å². The van der Waals surface area contributed by atoms with Gasteiger partial charge in [-0.05, 0) is 61.8 Å². The SMILES string of the molecule is C[C@H]1CN(C(=O)c2ccc(F)cc2Br)CCN1C(=O)OC(C)(C)C. The summed E-state index contributed by atoms with van der Waals surface area (Å²) in [5.74, 6) is -0.584. The van der Waals surface area contributed by atoms with Crippen LogP contribution >= 0.6 is 15.9 Å². The lowest BCUT2D eigenvalue weighted by atomic mass is 10.1.